The number of aromatic nitrogens is 4. The average molecular weight is 231 g/mol. The molecule has 3 rings (SSSR count). The molecule has 7 nitrogen and oxygen atoms in total. The molecule has 0 aliphatic rings. The van der Waals surface area contributed by atoms with Crippen molar-refractivity contribution in [3.05, 3.63) is 24.6 Å². The van der Waals surface area contributed by atoms with Gasteiger partial charge in [0.25, 0.3) is 5.89 Å². The minimum absolute atomic E-state index is 0.321. The van der Waals surface area contributed by atoms with E-state index in [-0.39, 0.29) is 0 Å². The quantitative estimate of drug-likeness (QED) is 0.714. The Hall–Kier alpha value is -2.57. The lowest BCUT2D eigenvalue weighted by Gasteiger charge is -1.93. The number of anilines is 1. The Morgan fingerprint density at radius 3 is 2.94 bits per heavy atom. The van der Waals surface area contributed by atoms with Gasteiger partial charge in [-0.3, -0.25) is 4.68 Å². The number of hydrogen-bond donors (Lipinski definition) is 1. The maximum Gasteiger partial charge on any atom is 0.263 e. The third-order valence-electron chi connectivity index (χ3n) is 2.38. The molecule has 17 heavy (non-hydrogen) atoms. The first-order chi connectivity index (χ1) is 8.25. The van der Waals surface area contributed by atoms with Gasteiger partial charge < -0.3 is 14.7 Å². The van der Waals surface area contributed by atoms with E-state index in [9.17, 15) is 0 Å². The van der Waals surface area contributed by atoms with Crippen LogP contribution in [0.3, 0.4) is 0 Å². The molecule has 86 valence electrons. The molecule has 0 bridgehead atoms. The summed E-state index contributed by atoms with van der Waals surface area (Å²) in [5.41, 5.74) is 6.42. The molecule has 0 saturated carbocycles. The molecule has 0 unspecified atom stereocenters. The summed E-state index contributed by atoms with van der Waals surface area (Å²) in [5, 5.41) is 7.82. The zero-order valence-corrected chi connectivity index (χ0v) is 8.99. The number of nitrogens with zero attached hydrogens (tertiary/aromatic N) is 4. The third kappa shape index (κ3) is 1.48. The summed E-state index contributed by atoms with van der Waals surface area (Å²) in [5.74, 6) is 1.72. The van der Waals surface area contributed by atoms with E-state index in [0.29, 0.717) is 28.9 Å². The molecule has 3 aromatic rings. The van der Waals surface area contributed by atoms with Gasteiger partial charge in [-0.2, -0.15) is 10.1 Å². The Morgan fingerprint density at radius 2 is 2.29 bits per heavy atom. The molecule has 2 N–H and O–H groups in total. The summed E-state index contributed by atoms with van der Waals surface area (Å²) in [4.78, 5) is 4.19. The van der Waals surface area contributed by atoms with Crippen LogP contribution in [0, 0.1) is 0 Å². The van der Waals surface area contributed by atoms with E-state index in [2.05, 4.69) is 15.2 Å². The number of aryl methyl sites for hydroxylation is 1. The molecule has 0 saturated heterocycles. The Kier molecular flexibility index (Phi) is 1.97. The van der Waals surface area contributed by atoms with Crippen molar-refractivity contribution < 1.29 is 8.94 Å². The fraction of sp³-hybridized carbons (Fsp3) is 0.100. The van der Waals surface area contributed by atoms with Crippen LogP contribution in [0.4, 0.5) is 5.82 Å². The van der Waals surface area contributed by atoms with Crippen molar-refractivity contribution in [3.63, 3.8) is 0 Å². The van der Waals surface area contributed by atoms with Crippen LogP contribution in [0.1, 0.15) is 0 Å². The summed E-state index contributed by atoms with van der Waals surface area (Å²) >= 11 is 0. The largest absolute Gasteiger partial charge is 0.461 e. The lowest BCUT2D eigenvalue weighted by molar-refractivity contribution is 0.429. The van der Waals surface area contributed by atoms with Crippen LogP contribution in [0.5, 0.6) is 0 Å². The molecule has 3 heterocycles. The molecule has 0 aliphatic heterocycles. The highest BCUT2D eigenvalue weighted by Crippen LogP contribution is 2.25. The summed E-state index contributed by atoms with van der Waals surface area (Å²) < 4.78 is 11.8. The molecule has 0 amide bonds. The van der Waals surface area contributed by atoms with Crippen LogP contribution in [0.25, 0.3) is 23.0 Å². The van der Waals surface area contributed by atoms with Crippen molar-refractivity contribution >= 4 is 5.82 Å². The van der Waals surface area contributed by atoms with Crippen LogP contribution in [0.2, 0.25) is 0 Å². The van der Waals surface area contributed by atoms with Crippen LogP contribution in [-0.2, 0) is 7.05 Å². The Balaban J connectivity index is 2.04. The molecule has 0 atom stereocenters. The van der Waals surface area contributed by atoms with Gasteiger partial charge >= 0.3 is 0 Å². The molecule has 0 spiro atoms. The van der Waals surface area contributed by atoms with Crippen molar-refractivity contribution in [3.8, 4) is 23.0 Å². The highest BCUT2D eigenvalue weighted by atomic mass is 16.5. The topological polar surface area (TPSA) is 95.9 Å². The first-order valence-electron chi connectivity index (χ1n) is 4.91. The molecule has 3 aromatic heterocycles. The minimum Gasteiger partial charge on any atom is -0.461 e. The van der Waals surface area contributed by atoms with Crippen LogP contribution >= 0.6 is 0 Å². The van der Waals surface area contributed by atoms with Gasteiger partial charge in [0.15, 0.2) is 5.76 Å². The lowest BCUT2D eigenvalue weighted by atomic mass is 10.3. The van der Waals surface area contributed by atoms with Gasteiger partial charge in [0.1, 0.15) is 11.4 Å². The second kappa shape index (κ2) is 3.48. The van der Waals surface area contributed by atoms with Gasteiger partial charge in [0.05, 0.1) is 12.5 Å². The standard InChI is InChI=1S/C10H9N5O2/c1-15-8(11)6(5-12-15)10-13-9(14-17-10)7-3-2-4-16-7/h2-5H,11H2,1H3. The van der Waals surface area contributed by atoms with E-state index in [1.165, 1.54) is 4.68 Å². The van der Waals surface area contributed by atoms with Gasteiger partial charge in [0.2, 0.25) is 5.82 Å². The van der Waals surface area contributed by atoms with E-state index in [1.54, 1.807) is 31.6 Å². The Labute approximate surface area is 95.8 Å². The first kappa shape index (κ1) is 9.64. The minimum atomic E-state index is 0.321. The second-order valence-corrected chi connectivity index (χ2v) is 3.47. The molecule has 0 aliphatic carbocycles. The molecular weight excluding hydrogens is 222 g/mol. The number of nitrogens with two attached hydrogens (primary N) is 1. The number of hydrogen-bond acceptors (Lipinski definition) is 6. The Morgan fingerprint density at radius 1 is 1.41 bits per heavy atom. The number of furan rings is 1. The average Bonchev–Trinajstić information content (AvgIpc) is 3.01. The first-order valence-corrected chi connectivity index (χ1v) is 4.91. The molecule has 0 fully saturated rings. The monoisotopic (exact) mass is 231 g/mol. The fourth-order valence-electron chi connectivity index (χ4n) is 1.45. The maximum absolute atomic E-state index is 5.81. The maximum atomic E-state index is 5.81. The summed E-state index contributed by atoms with van der Waals surface area (Å²) in [6, 6.07) is 3.50. The van der Waals surface area contributed by atoms with E-state index < -0.39 is 0 Å². The van der Waals surface area contributed by atoms with Gasteiger partial charge in [0, 0.05) is 7.05 Å². The molecular formula is C10H9N5O2. The fourth-order valence-corrected chi connectivity index (χ4v) is 1.45. The molecule has 0 aromatic carbocycles. The van der Waals surface area contributed by atoms with Crippen molar-refractivity contribution in [1.29, 1.82) is 0 Å². The van der Waals surface area contributed by atoms with Crippen LogP contribution in [-0.4, -0.2) is 19.9 Å². The zero-order valence-electron chi connectivity index (χ0n) is 8.99. The van der Waals surface area contributed by atoms with Crippen molar-refractivity contribution in [1.82, 2.24) is 19.9 Å². The van der Waals surface area contributed by atoms with Gasteiger partial charge in [-0.15, -0.1) is 0 Å². The van der Waals surface area contributed by atoms with E-state index in [1.807, 2.05) is 0 Å². The Bertz CT molecular complexity index is 638. The van der Waals surface area contributed by atoms with Gasteiger partial charge in [-0.25, -0.2) is 0 Å². The van der Waals surface area contributed by atoms with E-state index in [4.69, 9.17) is 14.7 Å². The van der Waals surface area contributed by atoms with E-state index >= 15 is 0 Å². The second-order valence-electron chi connectivity index (χ2n) is 3.47. The molecule has 7 heteroatoms. The van der Waals surface area contributed by atoms with Crippen molar-refractivity contribution in [2.75, 3.05) is 5.73 Å². The van der Waals surface area contributed by atoms with Gasteiger partial charge in [-0.05, 0) is 12.1 Å². The van der Waals surface area contributed by atoms with Gasteiger partial charge in [-0.1, -0.05) is 5.16 Å². The predicted molar refractivity (Wildman–Crippen MR) is 58.6 cm³/mol. The van der Waals surface area contributed by atoms with Crippen LogP contribution in [0.15, 0.2) is 33.5 Å². The van der Waals surface area contributed by atoms with Crippen molar-refractivity contribution in [2.45, 2.75) is 0 Å². The summed E-state index contributed by atoms with van der Waals surface area (Å²) in [6.45, 7) is 0. The SMILES string of the molecule is Cn1ncc(-c2nc(-c3ccco3)no2)c1N. The third-order valence-corrected chi connectivity index (χ3v) is 2.38. The van der Waals surface area contributed by atoms with Crippen LogP contribution < -0.4 is 5.73 Å². The summed E-state index contributed by atoms with van der Waals surface area (Å²) in [6.07, 6.45) is 3.12. The number of rotatable bonds is 2. The van der Waals surface area contributed by atoms with Crippen molar-refractivity contribution in [2.24, 2.45) is 7.05 Å². The molecule has 0 radical (unpaired) electrons. The van der Waals surface area contributed by atoms with E-state index in [0.717, 1.165) is 0 Å². The predicted octanol–water partition coefficient (Wildman–Crippen LogP) is 1.31. The highest BCUT2D eigenvalue weighted by Gasteiger charge is 2.16. The summed E-state index contributed by atoms with van der Waals surface area (Å²) in [7, 11) is 1.74. The number of nitrogen functional groups attached to an aromatic ring is 1. The zero-order chi connectivity index (χ0) is 11.8. The normalized spacial score (nSPS) is 10.9. The smallest absolute Gasteiger partial charge is 0.263 e. The lowest BCUT2D eigenvalue weighted by Crippen LogP contribution is -1.98. The highest BCUT2D eigenvalue weighted by molar-refractivity contribution is 5.67.